The van der Waals surface area contributed by atoms with Crippen molar-refractivity contribution < 1.29 is 9.47 Å². The predicted octanol–water partition coefficient (Wildman–Crippen LogP) is 19.7. The second kappa shape index (κ2) is 35.6. The zero-order valence-corrected chi connectivity index (χ0v) is 47.6. The molecule has 0 saturated heterocycles. The molecule has 0 spiro atoms. The first-order chi connectivity index (χ1) is 38.7. The Morgan fingerprint density at radius 1 is 0.397 bits per heavy atom. The third kappa shape index (κ3) is 20.6. The summed E-state index contributed by atoms with van der Waals surface area (Å²) in [6.45, 7) is 5.86. The van der Waals surface area contributed by atoms with Gasteiger partial charge in [0.2, 0.25) is 0 Å². The van der Waals surface area contributed by atoms with Gasteiger partial charge in [0.15, 0.2) is 11.5 Å². The molecule has 2 N–H and O–H groups in total. The Bertz CT molecular complexity index is 2590. The van der Waals surface area contributed by atoms with E-state index in [4.69, 9.17) is 9.47 Å². The van der Waals surface area contributed by atoms with Crippen molar-refractivity contribution in [3.63, 3.8) is 0 Å². The number of nitrogens with zero attached hydrogens (tertiary/aromatic N) is 2. The summed E-state index contributed by atoms with van der Waals surface area (Å²) >= 11 is 0. The van der Waals surface area contributed by atoms with Crippen LogP contribution in [0.3, 0.4) is 0 Å². The molecule has 0 unspecified atom stereocenters. The molecule has 3 aromatic carbocycles. The molecule has 6 heteroatoms. The Labute approximate surface area is 470 Å². The Balaban J connectivity index is 1.05. The molecule has 0 saturated carbocycles. The second-order valence-electron chi connectivity index (χ2n) is 21.4. The zero-order valence-electron chi connectivity index (χ0n) is 47.6. The number of nitrogens with one attached hydrogen (secondary N) is 2. The maximum Gasteiger partial charge on any atom is 0.162 e. The monoisotopic (exact) mass is 1040 g/mol. The van der Waals surface area contributed by atoms with E-state index >= 15 is 0 Å². The van der Waals surface area contributed by atoms with Crippen LogP contribution in [0.4, 0.5) is 0 Å². The van der Waals surface area contributed by atoms with Crippen LogP contribution in [0.1, 0.15) is 238 Å². The Hall–Kier alpha value is -6.76. The summed E-state index contributed by atoms with van der Waals surface area (Å²) < 4.78 is 13.4. The number of aromatic nitrogens is 2. The smallest absolute Gasteiger partial charge is 0.162 e. The number of unbranched alkanes of at least 4 members (excludes halogenated alkanes) is 26. The number of H-pyrrole nitrogens is 2. The van der Waals surface area contributed by atoms with Crippen molar-refractivity contribution in [2.45, 2.75) is 194 Å². The van der Waals surface area contributed by atoms with Gasteiger partial charge >= 0.3 is 0 Å². The van der Waals surface area contributed by atoms with Crippen LogP contribution in [0.2, 0.25) is 0 Å². The summed E-state index contributed by atoms with van der Waals surface area (Å²) in [5.74, 6) is 15.5. The van der Waals surface area contributed by atoms with Crippen molar-refractivity contribution in [3.05, 3.63) is 178 Å². The number of aliphatic imine (C=N–C) groups is 2. The average molecular weight is 1040 g/mol. The topological polar surface area (TPSA) is 74.8 Å². The first kappa shape index (κ1) is 58.9. The lowest BCUT2D eigenvalue weighted by atomic mass is 9.99. The molecule has 0 atom stereocenters. The molecule has 410 valence electrons. The number of allylic oxidation sites excluding steroid dienone is 4. The first-order valence-electron chi connectivity index (χ1n) is 30.6. The first-order valence-corrected chi connectivity index (χ1v) is 30.6. The molecule has 4 heterocycles. The number of rotatable bonds is 36. The standard InChI is InChI=1S/C72H90N4O2/c1-3-5-7-9-11-13-15-17-19-21-23-25-27-29-55-77-69-57-63(49-43-59-39-45-61(46-40-59)71(65-35-31-51-73-65)66-36-32-52-74-66)64(58-70(69)78-56-30-28-26-24-22-20-18-16-14-12-10-8-6-4-2)50-44-60-41-47-62(48-42-60)72(67-37-33-53-75-67)68-38-34-54-76-68/h31-42,45-48,51-54,57-58,73,75H,3-30,55-56H2,1-2H3/b71-66-,72-68-. The van der Waals surface area contributed by atoms with E-state index in [0.29, 0.717) is 13.2 Å². The third-order valence-electron chi connectivity index (χ3n) is 15.0. The summed E-state index contributed by atoms with van der Waals surface area (Å²) in [4.78, 5) is 16.0. The number of benzene rings is 3. The SMILES string of the molecule is CCCCCCCCCCCCCCCCOc1cc(C#Cc2ccc(/C(=C3\C=CC=N3)c3ccc[nH]3)cc2)c(C#Cc2ccc(/C(=C3\C=CC=N3)c3ccc[nH]3)cc2)cc1OCCCCCCCCCCCCCCCC. The van der Waals surface area contributed by atoms with Crippen molar-refractivity contribution in [2.75, 3.05) is 13.2 Å². The fraction of sp³-hybridized carbons (Fsp3) is 0.444. The fourth-order valence-corrected chi connectivity index (χ4v) is 10.4. The molecule has 5 aromatic rings. The van der Waals surface area contributed by atoms with Crippen molar-refractivity contribution in [1.82, 2.24) is 9.97 Å². The summed E-state index contributed by atoms with van der Waals surface area (Å²) in [6.07, 6.45) is 52.7. The predicted molar refractivity (Wildman–Crippen MR) is 332 cm³/mol. The second-order valence-corrected chi connectivity index (χ2v) is 21.4. The highest BCUT2D eigenvalue weighted by Crippen LogP contribution is 2.33. The van der Waals surface area contributed by atoms with Crippen LogP contribution in [0.15, 0.2) is 143 Å². The van der Waals surface area contributed by atoms with Gasteiger partial charge in [-0.25, -0.2) is 0 Å². The van der Waals surface area contributed by atoms with E-state index < -0.39 is 0 Å². The number of aromatic amines is 2. The Morgan fingerprint density at radius 2 is 0.731 bits per heavy atom. The number of ether oxygens (including phenoxy) is 2. The molecule has 0 bridgehead atoms. The van der Waals surface area contributed by atoms with Gasteiger partial charge in [0, 0.05) is 81.7 Å². The molecule has 2 aliphatic heterocycles. The van der Waals surface area contributed by atoms with Gasteiger partial charge < -0.3 is 19.4 Å². The van der Waals surface area contributed by atoms with Gasteiger partial charge in [-0.05, 0) is 96.8 Å². The minimum absolute atomic E-state index is 0.637. The lowest BCUT2D eigenvalue weighted by molar-refractivity contribution is 0.258. The lowest BCUT2D eigenvalue weighted by Gasteiger charge is -2.15. The van der Waals surface area contributed by atoms with E-state index in [-0.39, 0.29) is 0 Å². The summed E-state index contributed by atoms with van der Waals surface area (Å²) in [5.41, 5.74) is 11.6. The molecule has 2 aliphatic rings. The van der Waals surface area contributed by atoms with E-state index in [1.54, 1.807) is 0 Å². The van der Waals surface area contributed by atoms with Crippen molar-refractivity contribution in [3.8, 4) is 35.2 Å². The van der Waals surface area contributed by atoms with E-state index in [1.165, 1.54) is 154 Å². The lowest BCUT2D eigenvalue weighted by Crippen LogP contribution is -2.04. The van der Waals surface area contributed by atoms with Crippen LogP contribution in [0, 0.1) is 23.7 Å². The van der Waals surface area contributed by atoms with Gasteiger partial charge in [-0.3, -0.25) is 9.98 Å². The normalized spacial score (nSPS) is 13.7. The molecule has 0 aliphatic carbocycles. The highest BCUT2D eigenvalue weighted by atomic mass is 16.5. The molecule has 0 amide bonds. The largest absolute Gasteiger partial charge is 0.490 e. The van der Waals surface area contributed by atoms with E-state index in [2.05, 4.69) is 142 Å². The summed E-state index contributed by atoms with van der Waals surface area (Å²) in [5, 5.41) is 0. The molecule has 78 heavy (non-hydrogen) atoms. The molecule has 2 aromatic heterocycles. The van der Waals surface area contributed by atoms with Gasteiger partial charge in [-0.2, -0.15) is 0 Å². The minimum Gasteiger partial charge on any atom is -0.490 e. The van der Waals surface area contributed by atoms with Crippen LogP contribution in [0.5, 0.6) is 11.5 Å². The maximum atomic E-state index is 6.68. The Morgan fingerprint density at radius 3 is 1.03 bits per heavy atom. The minimum atomic E-state index is 0.637. The average Bonchev–Trinajstić information content (AvgIpc) is 4.36. The zero-order chi connectivity index (χ0) is 53.9. The van der Waals surface area contributed by atoms with Crippen molar-refractivity contribution in [2.24, 2.45) is 9.98 Å². The maximum absolute atomic E-state index is 6.68. The Kier molecular flexibility index (Phi) is 26.9. The van der Waals surface area contributed by atoms with Gasteiger partial charge in [-0.1, -0.05) is 229 Å². The fourth-order valence-electron chi connectivity index (χ4n) is 10.4. The van der Waals surface area contributed by atoms with Gasteiger partial charge in [0.1, 0.15) is 0 Å². The highest BCUT2D eigenvalue weighted by Gasteiger charge is 2.15. The number of hydrogen-bond donors (Lipinski definition) is 2. The van der Waals surface area contributed by atoms with E-state index in [1.807, 2.05) is 49.1 Å². The summed E-state index contributed by atoms with van der Waals surface area (Å²) in [6, 6.07) is 29.2. The van der Waals surface area contributed by atoms with Crippen LogP contribution in [-0.4, -0.2) is 35.6 Å². The third-order valence-corrected chi connectivity index (χ3v) is 15.0. The van der Waals surface area contributed by atoms with Gasteiger partial charge in [-0.15, -0.1) is 0 Å². The van der Waals surface area contributed by atoms with Crippen LogP contribution < -0.4 is 9.47 Å². The molecule has 7 rings (SSSR count). The van der Waals surface area contributed by atoms with Crippen LogP contribution in [0.25, 0.3) is 11.1 Å². The van der Waals surface area contributed by atoms with Crippen molar-refractivity contribution in [1.29, 1.82) is 0 Å². The molecule has 0 radical (unpaired) electrons. The van der Waals surface area contributed by atoms with Crippen LogP contribution in [-0.2, 0) is 0 Å². The number of hydrogen-bond acceptors (Lipinski definition) is 4. The molecule has 0 fully saturated rings. The molecular formula is C72H90N4O2. The van der Waals surface area contributed by atoms with Crippen molar-refractivity contribution >= 4 is 23.6 Å². The van der Waals surface area contributed by atoms with E-state index in [0.717, 1.165) is 104 Å². The van der Waals surface area contributed by atoms with Gasteiger partial charge in [0.25, 0.3) is 0 Å². The van der Waals surface area contributed by atoms with E-state index in [9.17, 15) is 0 Å². The van der Waals surface area contributed by atoms with Crippen LogP contribution >= 0.6 is 0 Å². The van der Waals surface area contributed by atoms with Gasteiger partial charge in [0.05, 0.1) is 24.6 Å². The molecule has 6 nitrogen and oxygen atoms in total. The summed E-state index contributed by atoms with van der Waals surface area (Å²) in [7, 11) is 0. The quantitative estimate of drug-likeness (QED) is 0.0310. The molecular weight excluding hydrogens is 953 g/mol. The highest BCUT2D eigenvalue weighted by molar-refractivity contribution is 5.89.